The number of hydrogen-bond acceptors (Lipinski definition) is 6. The molecule has 6 heteroatoms. The summed E-state index contributed by atoms with van der Waals surface area (Å²) in [4.78, 5) is 37.3. The maximum atomic E-state index is 12.6. The van der Waals surface area contributed by atoms with E-state index in [4.69, 9.17) is 14.2 Å². The van der Waals surface area contributed by atoms with E-state index >= 15 is 0 Å². The molecule has 1 atom stereocenters. The van der Waals surface area contributed by atoms with Crippen LogP contribution in [0.1, 0.15) is 214 Å². The highest BCUT2D eigenvalue weighted by Gasteiger charge is 2.19. The van der Waals surface area contributed by atoms with Gasteiger partial charge in [-0.1, -0.05) is 175 Å². The smallest absolute Gasteiger partial charge is 0.306 e. The summed E-state index contributed by atoms with van der Waals surface area (Å²) in [5.41, 5.74) is 0. The molecule has 0 aliphatic carbocycles. The SMILES string of the molecule is CCCCCCCCCCCCC(=O)OC[C@H](COC(=O)CCCCCCCCCCC)OC(=O)CCCCCCCCC(C)C. The largest absolute Gasteiger partial charge is 0.462 e. The third-order valence-electron chi connectivity index (χ3n) is 8.79. The van der Waals surface area contributed by atoms with Crippen molar-refractivity contribution in [1.29, 1.82) is 0 Å². The maximum absolute atomic E-state index is 12.6. The summed E-state index contributed by atoms with van der Waals surface area (Å²) in [5, 5.41) is 0. The Hall–Kier alpha value is -1.59. The van der Waals surface area contributed by atoms with E-state index in [9.17, 15) is 14.4 Å². The van der Waals surface area contributed by atoms with E-state index in [1.54, 1.807) is 0 Å². The molecule has 0 unspecified atom stereocenters. The van der Waals surface area contributed by atoms with Crippen molar-refractivity contribution < 1.29 is 28.6 Å². The molecule has 0 aromatic heterocycles. The van der Waals surface area contributed by atoms with Crippen molar-refractivity contribution in [2.24, 2.45) is 5.92 Å². The summed E-state index contributed by atoms with van der Waals surface area (Å²) in [6.07, 6.45) is 31.0. The Kier molecular flexibility index (Phi) is 33.5. The molecule has 46 heavy (non-hydrogen) atoms. The number of unbranched alkanes of at least 4 members (excludes halogenated alkanes) is 22. The Morgan fingerprint density at radius 3 is 1.07 bits per heavy atom. The molecule has 0 aromatic rings. The zero-order valence-corrected chi connectivity index (χ0v) is 31.0. The van der Waals surface area contributed by atoms with E-state index in [-0.39, 0.29) is 31.1 Å². The molecule has 0 aliphatic heterocycles. The van der Waals surface area contributed by atoms with Crippen molar-refractivity contribution >= 4 is 17.9 Å². The number of carbonyl (C=O) groups excluding carboxylic acids is 3. The quantitative estimate of drug-likeness (QED) is 0.0385. The minimum absolute atomic E-state index is 0.0660. The molecular weight excluding hydrogens is 576 g/mol. The van der Waals surface area contributed by atoms with Crippen molar-refractivity contribution in [1.82, 2.24) is 0 Å². The average Bonchev–Trinajstić information content (AvgIpc) is 3.03. The summed E-state index contributed by atoms with van der Waals surface area (Å²) in [7, 11) is 0. The molecule has 0 aromatic carbocycles. The van der Waals surface area contributed by atoms with Crippen LogP contribution in [0.25, 0.3) is 0 Å². The minimum Gasteiger partial charge on any atom is -0.462 e. The van der Waals surface area contributed by atoms with Gasteiger partial charge in [-0.2, -0.15) is 0 Å². The van der Waals surface area contributed by atoms with Crippen LogP contribution in [-0.2, 0) is 28.6 Å². The predicted octanol–water partition coefficient (Wildman–Crippen LogP) is 12.0. The van der Waals surface area contributed by atoms with Gasteiger partial charge in [0, 0.05) is 19.3 Å². The van der Waals surface area contributed by atoms with Crippen molar-refractivity contribution in [3.63, 3.8) is 0 Å². The molecular formula is C40H76O6. The molecule has 0 rings (SSSR count). The fourth-order valence-electron chi connectivity index (χ4n) is 5.74. The fraction of sp³-hybridized carbons (Fsp3) is 0.925. The van der Waals surface area contributed by atoms with Crippen molar-refractivity contribution in [2.75, 3.05) is 13.2 Å². The van der Waals surface area contributed by atoms with Crippen molar-refractivity contribution in [2.45, 2.75) is 220 Å². The summed E-state index contributed by atoms with van der Waals surface area (Å²) >= 11 is 0. The van der Waals surface area contributed by atoms with Gasteiger partial charge in [0.05, 0.1) is 0 Å². The molecule has 0 amide bonds. The first kappa shape index (κ1) is 44.4. The van der Waals surface area contributed by atoms with Crippen molar-refractivity contribution in [3.8, 4) is 0 Å². The van der Waals surface area contributed by atoms with Crippen LogP contribution < -0.4 is 0 Å². The van der Waals surface area contributed by atoms with Crippen LogP contribution in [0, 0.1) is 5.92 Å². The molecule has 0 fully saturated rings. The second-order valence-electron chi connectivity index (χ2n) is 14.0. The van der Waals surface area contributed by atoms with Crippen LogP contribution in [0.15, 0.2) is 0 Å². The molecule has 0 radical (unpaired) electrons. The van der Waals surface area contributed by atoms with Gasteiger partial charge in [0.15, 0.2) is 6.10 Å². The molecule has 272 valence electrons. The number of carbonyl (C=O) groups is 3. The monoisotopic (exact) mass is 653 g/mol. The Bertz CT molecular complexity index is 691. The molecule has 0 heterocycles. The van der Waals surface area contributed by atoms with E-state index in [1.807, 2.05) is 0 Å². The van der Waals surface area contributed by atoms with Crippen LogP contribution in [-0.4, -0.2) is 37.2 Å². The van der Waals surface area contributed by atoms with E-state index in [1.165, 1.54) is 109 Å². The van der Waals surface area contributed by atoms with Gasteiger partial charge in [0.25, 0.3) is 0 Å². The Labute approximate surface area is 285 Å². The first-order chi connectivity index (χ1) is 22.4. The van der Waals surface area contributed by atoms with Crippen molar-refractivity contribution in [3.05, 3.63) is 0 Å². The standard InChI is InChI=1S/C40H76O6/c1-5-7-9-11-13-15-17-19-24-28-32-39(42)45-35-37(46-40(43)33-29-25-21-20-22-26-30-36(3)4)34-44-38(41)31-27-23-18-16-14-12-10-8-6-2/h36-37H,5-35H2,1-4H3/t37-/m0/s1. The van der Waals surface area contributed by atoms with Gasteiger partial charge in [-0.25, -0.2) is 0 Å². The van der Waals surface area contributed by atoms with Gasteiger partial charge in [-0.15, -0.1) is 0 Å². The topological polar surface area (TPSA) is 78.9 Å². The number of rotatable bonds is 35. The lowest BCUT2D eigenvalue weighted by Gasteiger charge is -2.18. The first-order valence-corrected chi connectivity index (χ1v) is 19.9. The highest BCUT2D eigenvalue weighted by molar-refractivity contribution is 5.71. The summed E-state index contributed by atoms with van der Waals surface area (Å²) in [6, 6.07) is 0. The third kappa shape index (κ3) is 33.8. The minimum atomic E-state index is -0.757. The number of hydrogen-bond donors (Lipinski definition) is 0. The summed E-state index contributed by atoms with van der Waals surface area (Å²) in [6.45, 7) is 8.86. The van der Waals surface area contributed by atoms with Gasteiger partial charge >= 0.3 is 17.9 Å². The van der Waals surface area contributed by atoms with Crippen LogP contribution in [0.5, 0.6) is 0 Å². The van der Waals surface area contributed by atoms with E-state index < -0.39 is 6.10 Å². The maximum Gasteiger partial charge on any atom is 0.306 e. The Morgan fingerprint density at radius 2 is 0.717 bits per heavy atom. The lowest BCUT2D eigenvalue weighted by Crippen LogP contribution is -2.30. The van der Waals surface area contributed by atoms with Crippen LogP contribution in [0.3, 0.4) is 0 Å². The van der Waals surface area contributed by atoms with E-state index in [0.29, 0.717) is 19.3 Å². The second-order valence-corrected chi connectivity index (χ2v) is 14.0. The molecule has 0 saturated heterocycles. The van der Waals surface area contributed by atoms with Crippen LogP contribution in [0.2, 0.25) is 0 Å². The number of ether oxygens (including phenoxy) is 3. The average molecular weight is 653 g/mol. The molecule has 0 spiro atoms. The van der Waals surface area contributed by atoms with Gasteiger partial charge < -0.3 is 14.2 Å². The normalized spacial score (nSPS) is 11.9. The molecule has 0 bridgehead atoms. The van der Waals surface area contributed by atoms with Gasteiger partial charge in [-0.3, -0.25) is 14.4 Å². The molecule has 0 N–H and O–H groups in total. The number of esters is 3. The predicted molar refractivity (Wildman–Crippen MR) is 192 cm³/mol. The van der Waals surface area contributed by atoms with E-state index in [2.05, 4.69) is 27.7 Å². The first-order valence-electron chi connectivity index (χ1n) is 19.9. The second kappa shape index (κ2) is 34.7. The third-order valence-corrected chi connectivity index (χ3v) is 8.79. The Balaban J connectivity index is 4.35. The Morgan fingerprint density at radius 1 is 0.413 bits per heavy atom. The van der Waals surface area contributed by atoms with Crippen LogP contribution >= 0.6 is 0 Å². The summed E-state index contributed by atoms with van der Waals surface area (Å²) < 4.78 is 16.6. The van der Waals surface area contributed by atoms with Gasteiger partial charge in [0.2, 0.25) is 0 Å². The highest BCUT2D eigenvalue weighted by Crippen LogP contribution is 2.15. The molecule has 0 saturated carbocycles. The van der Waals surface area contributed by atoms with Gasteiger partial charge in [0.1, 0.15) is 13.2 Å². The van der Waals surface area contributed by atoms with Crippen LogP contribution in [0.4, 0.5) is 0 Å². The molecule has 6 nitrogen and oxygen atoms in total. The van der Waals surface area contributed by atoms with E-state index in [0.717, 1.165) is 63.7 Å². The highest BCUT2D eigenvalue weighted by atomic mass is 16.6. The van der Waals surface area contributed by atoms with Gasteiger partial charge in [-0.05, 0) is 25.2 Å². The lowest BCUT2D eigenvalue weighted by atomic mass is 10.0. The lowest BCUT2D eigenvalue weighted by molar-refractivity contribution is -0.167. The summed E-state index contributed by atoms with van der Waals surface area (Å²) in [5.74, 6) is -0.112. The fourth-order valence-corrected chi connectivity index (χ4v) is 5.74. The zero-order valence-electron chi connectivity index (χ0n) is 31.0. The molecule has 0 aliphatic rings. The zero-order chi connectivity index (χ0) is 33.9.